The van der Waals surface area contributed by atoms with E-state index in [-0.39, 0.29) is 17.2 Å². The molecule has 0 fully saturated rings. The molecule has 10 heteroatoms. The lowest BCUT2D eigenvalue weighted by atomic mass is 10.1. The van der Waals surface area contributed by atoms with Crippen LogP contribution in [0, 0.1) is 11.3 Å². The zero-order valence-corrected chi connectivity index (χ0v) is 18.6. The van der Waals surface area contributed by atoms with Crippen LogP contribution in [0.1, 0.15) is 29.8 Å². The number of carbonyl (C=O) groups excluding carboxylic acids is 3. The average Bonchev–Trinajstić information content (AvgIpc) is 3.48. The van der Waals surface area contributed by atoms with Crippen molar-refractivity contribution >= 4 is 34.2 Å². The molecule has 170 valence electrons. The van der Waals surface area contributed by atoms with Gasteiger partial charge in [0.15, 0.2) is 12.7 Å². The molecule has 1 atom stereocenters. The molecule has 3 aromatic rings. The van der Waals surface area contributed by atoms with E-state index in [1.54, 1.807) is 48.7 Å². The SMILES string of the molecule is CCOC(=O)c1c(-c2ccco2)csc1NC(=O)COC(=O)C(C)Oc1ccc(C#N)cc1. The second kappa shape index (κ2) is 11.0. The van der Waals surface area contributed by atoms with Gasteiger partial charge in [-0.1, -0.05) is 0 Å². The minimum absolute atomic E-state index is 0.161. The average molecular weight is 468 g/mol. The minimum Gasteiger partial charge on any atom is -0.479 e. The Bertz CT molecular complexity index is 1160. The fourth-order valence-electron chi connectivity index (χ4n) is 2.75. The Labute approximate surface area is 193 Å². The van der Waals surface area contributed by atoms with E-state index in [1.165, 1.54) is 13.2 Å². The number of esters is 2. The Morgan fingerprint density at radius 2 is 1.94 bits per heavy atom. The summed E-state index contributed by atoms with van der Waals surface area (Å²) in [4.78, 5) is 37.0. The molecule has 0 aliphatic heterocycles. The van der Waals surface area contributed by atoms with Crippen molar-refractivity contribution in [2.75, 3.05) is 18.5 Å². The third-order valence-electron chi connectivity index (χ3n) is 4.28. The van der Waals surface area contributed by atoms with Crippen LogP contribution in [0.2, 0.25) is 0 Å². The molecule has 0 radical (unpaired) electrons. The molecule has 33 heavy (non-hydrogen) atoms. The van der Waals surface area contributed by atoms with E-state index in [1.807, 2.05) is 6.07 Å². The summed E-state index contributed by atoms with van der Waals surface area (Å²) in [7, 11) is 0. The van der Waals surface area contributed by atoms with Gasteiger partial charge < -0.3 is 23.9 Å². The van der Waals surface area contributed by atoms with Crippen LogP contribution in [0.3, 0.4) is 0 Å². The van der Waals surface area contributed by atoms with Crippen LogP contribution in [0.5, 0.6) is 5.75 Å². The molecule has 0 saturated carbocycles. The number of hydrogen-bond acceptors (Lipinski definition) is 9. The first-order chi connectivity index (χ1) is 15.9. The Morgan fingerprint density at radius 1 is 1.18 bits per heavy atom. The Kier molecular flexibility index (Phi) is 7.83. The van der Waals surface area contributed by atoms with Gasteiger partial charge in [-0.25, -0.2) is 9.59 Å². The topological polar surface area (TPSA) is 128 Å². The molecule has 1 amide bonds. The number of furan rings is 1. The van der Waals surface area contributed by atoms with Crippen molar-refractivity contribution in [1.29, 1.82) is 5.26 Å². The fourth-order valence-corrected chi connectivity index (χ4v) is 3.70. The fraction of sp³-hybridized carbons (Fsp3) is 0.217. The molecule has 1 aromatic carbocycles. The first-order valence-electron chi connectivity index (χ1n) is 9.88. The number of thiophene rings is 1. The maximum atomic E-state index is 12.5. The Morgan fingerprint density at radius 3 is 2.58 bits per heavy atom. The van der Waals surface area contributed by atoms with Crippen molar-refractivity contribution in [1.82, 2.24) is 0 Å². The molecule has 1 unspecified atom stereocenters. The van der Waals surface area contributed by atoms with Gasteiger partial charge in [-0.05, 0) is 50.2 Å². The van der Waals surface area contributed by atoms with E-state index in [0.717, 1.165) is 11.3 Å². The summed E-state index contributed by atoms with van der Waals surface area (Å²) in [5, 5.41) is 13.3. The van der Waals surface area contributed by atoms with Crippen molar-refractivity contribution in [3.05, 3.63) is 59.2 Å². The molecule has 9 nitrogen and oxygen atoms in total. The summed E-state index contributed by atoms with van der Waals surface area (Å²) < 4.78 is 21.0. The second-order valence-electron chi connectivity index (χ2n) is 6.60. The van der Waals surface area contributed by atoms with Gasteiger partial charge in [-0.15, -0.1) is 11.3 Å². The van der Waals surface area contributed by atoms with E-state index in [2.05, 4.69) is 5.32 Å². The smallest absolute Gasteiger partial charge is 0.347 e. The van der Waals surface area contributed by atoms with E-state index < -0.39 is 30.6 Å². The Hall–Kier alpha value is -4.10. The van der Waals surface area contributed by atoms with E-state index in [9.17, 15) is 14.4 Å². The molecule has 2 heterocycles. The predicted octanol–water partition coefficient (Wildman–Crippen LogP) is 4.01. The molecule has 0 aliphatic rings. The quantitative estimate of drug-likeness (QED) is 0.467. The summed E-state index contributed by atoms with van der Waals surface area (Å²) >= 11 is 1.12. The van der Waals surface area contributed by atoms with Crippen molar-refractivity contribution < 1.29 is 33.0 Å². The maximum absolute atomic E-state index is 12.5. The summed E-state index contributed by atoms with van der Waals surface area (Å²) in [6.07, 6.45) is 0.494. The van der Waals surface area contributed by atoms with Crippen LogP contribution in [0.15, 0.2) is 52.5 Å². The number of benzene rings is 1. The van der Waals surface area contributed by atoms with Gasteiger partial charge in [0.1, 0.15) is 22.1 Å². The third-order valence-corrected chi connectivity index (χ3v) is 5.18. The number of rotatable bonds is 9. The number of carbonyl (C=O) groups is 3. The number of hydrogen-bond donors (Lipinski definition) is 1. The number of ether oxygens (including phenoxy) is 3. The van der Waals surface area contributed by atoms with Crippen LogP contribution < -0.4 is 10.1 Å². The number of amides is 1. The van der Waals surface area contributed by atoms with Gasteiger partial charge in [-0.2, -0.15) is 5.26 Å². The lowest BCUT2D eigenvalue weighted by molar-refractivity contribution is -0.153. The molecular weight excluding hydrogens is 448 g/mol. The maximum Gasteiger partial charge on any atom is 0.347 e. The van der Waals surface area contributed by atoms with Crippen molar-refractivity contribution in [2.45, 2.75) is 20.0 Å². The van der Waals surface area contributed by atoms with Gasteiger partial charge in [0.25, 0.3) is 5.91 Å². The van der Waals surface area contributed by atoms with Crippen LogP contribution in [0.25, 0.3) is 11.3 Å². The number of nitrogens with zero attached hydrogens (tertiary/aromatic N) is 1. The van der Waals surface area contributed by atoms with Crippen molar-refractivity contribution in [2.24, 2.45) is 0 Å². The molecule has 3 rings (SSSR count). The largest absolute Gasteiger partial charge is 0.479 e. The van der Waals surface area contributed by atoms with Gasteiger partial charge in [0.2, 0.25) is 0 Å². The lowest BCUT2D eigenvalue weighted by Crippen LogP contribution is -2.29. The van der Waals surface area contributed by atoms with Crippen molar-refractivity contribution in [3.8, 4) is 23.1 Å². The van der Waals surface area contributed by atoms with Gasteiger partial charge in [0, 0.05) is 10.9 Å². The molecule has 0 aliphatic carbocycles. The number of nitrogens with one attached hydrogen (secondary N) is 1. The highest BCUT2D eigenvalue weighted by Crippen LogP contribution is 2.36. The Balaban J connectivity index is 1.60. The second-order valence-corrected chi connectivity index (χ2v) is 7.48. The van der Waals surface area contributed by atoms with Crippen LogP contribution in [-0.4, -0.2) is 37.2 Å². The zero-order chi connectivity index (χ0) is 23.8. The van der Waals surface area contributed by atoms with Crippen LogP contribution >= 0.6 is 11.3 Å². The zero-order valence-electron chi connectivity index (χ0n) is 17.8. The van der Waals surface area contributed by atoms with Crippen LogP contribution in [-0.2, 0) is 19.1 Å². The summed E-state index contributed by atoms with van der Waals surface area (Å²) in [6.45, 7) is 2.74. The number of nitriles is 1. The summed E-state index contributed by atoms with van der Waals surface area (Å²) in [5.41, 5.74) is 1.11. The normalized spacial score (nSPS) is 11.2. The highest BCUT2D eigenvalue weighted by Gasteiger charge is 2.25. The van der Waals surface area contributed by atoms with E-state index in [4.69, 9.17) is 23.9 Å². The monoisotopic (exact) mass is 468 g/mol. The molecular formula is C23H20N2O7S. The molecule has 0 bridgehead atoms. The van der Waals surface area contributed by atoms with Gasteiger partial charge in [0.05, 0.1) is 24.5 Å². The number of anilines is 1. The van der Waals surface area contributed by atoms with E-state index in [0.29, 0.717) is 22.6 Å². The molecule has 2 aromatic heterocycles. The lowest BCUT2D eigenvalue weighted by Gasteiger charge is -2.14. The minimum atomic E-state index is -0.979. The van der Waals surface area contributed by atoms with Crippen molar-refractivity contribution in [3.63, 3.8) is 0 Å². The first-order valence-corrected chi connectivity index (χ1v) is 10.8. The van der Waals surface area contributed by atoms with Gasteiger partial charge in [-0.3, -0.25) is 4.79 Å². The highest BCUT2D eigenvalue weighted by molar-refractivity contribution is 7.15. The third kappa shape index (κ3) is 5.99. The molecule has 0 spiro atoms. The van der Waals surface area contributed by atoms with Crippen LogP contribution in [0.4, 0.5) is 5.00 Å². The summed E-state index contributed by atoms with van der Waals surface area (Å²) in [6, 6.07) is 11.6. The predicted molar refractivity (Wildman–Crippen MR) is 119 cm³/mol. The van der Waals surface area contributed by atoms with E-state index >= 15 is 0 Å². The standard InChI is InChI=1S/C23H20N2O7S/c1-3-29-23(28)20-17(18-5-4-10-30-18)13-33-21(20)25-19(26)12-31-22(27)14(2)32-16-8-6-15(11-24)7-9-16/h4-10,13-14H,3,12H2,1-2H3,(H,25,26). The van der Waals surface area contributed by atoms with Gasteiger partial charge >= 0.3 is 11.9 Å². The highest BCUT2D eigenvalue weighted by atomic mass is 32.1. The first kappa shape index (κ1) is 23.6. The molecule has 1 N–H and O–H groups in total. The molecule has 0 saturated heterocycles. The summed E-state index contributed by atoms with van der Waals surface area (Å²) in [5.74, 6) is -1.15.